The Labute approximate surface area is 171 Å². The predicted octanol–water partition coefficient (Wildman–Crippen LogP) is 0.796. The van der Waals surface area contributed by atoms with Crippen LogP contribution in [0.2, 0.25) is 0 Å². The fourth-order valence-electron chi connectivity index (χ4n) is 3.94. The number of nitrogens with zero attached hydrogens (tertiary/aromatic N) is 3. The summed E-state index contributed by atoms with van der Waals surface area (Å²) in [4.78, 5) is 32.8. The molecule has 0 spiro atoms. The average molecular weight is 412 g/mol. The molecule has 1 atom stereocenters. The molecule has 9 heteroatoms. The van der Waals surface area contributed by atoms with Crippen LogP contribution in [0.25, 0.3) is 10.2 Å². The third-order valence-electron chi connectivity index (χ3n) is 5.53. The van der Waals surface area contributed by atoms with Crippen LogP contribution in [0.4, 0.5) is 10.8 Å². The number of para-hydroxylation sites is 1. The van der Waals surface area contributed by atoms with Gasteiger partial charge >= 0.3 is 11.0 Å². The van der Waals surface area contributed by atoms with Gasteiger partial charge in [-0.15, -0.1) is 5.01 Å². The molecule has 0 saturated carbocycles. The fourth-order valence-corrected chi connectivity index (χ4v) is 4.91. The van der Waals surface area contributed by atoms with Gasteiger partial charge in [-0.05, 0) is 19.1 Å². The van der Waals surface area contributed by atoms with E-state index in [-0.39, 0.29) is 11.5 Å². The molecule has 4 heterocycles. The first kappa shape index (κ1) is 18.4. The molecule has 2 aromatic heterocycles. The number of benzene rings is 1. The summed E-state index contributed by atoms with van der Waals surface area (Å²) in [5, 5.41) is 1.11. The molecule has 1 unspecified atom stereocenters. The maximum absolute atomic E-state index is 13.2. The molecule has 0 radical (unpaired) electrons. The van der Waals surface area contributed by atoms with E-state index in [1.807, 2.05) is 31.2 Å². The molecule has 2 aliphatic rings. The highest BCUT2D eigenvalue weighted by Crippen LogP contribution is 2.26. The summed E-state index contributed by atoms with van der Waals surface area (Å²) in [5.74, 6) is -0.100. The van der Waals surface area contributed by atoms with Crippen LogP contribution < -0.4 is 16.0 Å². The molecule has 3 aromatic rings. The number of ether oxygens (including phenoxy) is 1. The second-order valence-corrected chi connectivity index (χ2v) is 8.31. The third kappa shape index (κ3) is 3.25. The van der Waals surface area contributed by atoms with Gasteiger partial charge in [0, 0.05) is 37.9 Å². The number of rotatable bonds is 4. The monoisotopic (exact) mass is 412 g/mol. The van der Waals surface area contributed by atoms with E-state index in [4.69, 9.17) is 4.74 Å². The van der Waals surface area contributed by atoms with Crippen LogP contribution in [0.15, 0.2) is 35.1 Å². The zero-order valence-electron chi connectivity index (χ0n) is 16.1. The topological polar surface area (TPSA) is 80.9 Å². The molecule has 8 nitrogen and oxygen atoms in total. The van der Waals surface area contributed by atoms with Crippen molar-refractivity contribution in [3.8, 4) is 0 Å². The number of carbonyl (C=O) groups is 1. The molecule has 1 amide bonds. The Kier molecular flexibility index (Phi) is 4.67. The largest absolute Gasteiger partial charge is 0.379 e. The van der Waals surface area contributed by atoms with Gasteiger partial charge in [0.15, 0.2) is 0 Å². The number of thiazole rings is 1. The maximum atomic E-state index is 13.2. The van der Waals surface area contributed by atoms with Crippen molar-refractivity contribution >= 4 is 38.3 Å². The predicted molar refractivity (Wildman–Crippen MR) is 111 cm³/mol. The van der Waals surface area contributed by atoms with Gasteiger partial charge in [0.2, 0.25) is 0 Å². The standard InChI is InChI=1S/C20H21N5O3S/c1-13-18-15(12-17(26)24(13)7-6-23-8-10-28-11-9-23)22-25(19(18)27)20-21-14-4-2-3-5-16(14)29-20/h2-5,12,22H,6-11H2,1H3/p+1. The molecule has 0 bridgehead atoms. The van der Waals surface area contributed by atoms with Gasteiger partial charge in [-0.3, -0.25) is 9.69 Å². The quantitative estimate of drug-likeness (QED) is 0.660. The van der Waals surface area contributed by atoms with E-state index >= 15 is 0 Å². The zero-order chi connectivity index (χ0) is 20.0. The Hall–Kier alpha value is -2.59. The number of pyridine rings is 1. The minimum atomic E-state index is -0.100. The van der Waals surface area contributed by atoms with Crippen LogP contribution in [0.1, 0.15) is 16.1 Å². The van der Waals surface area contributed by atoms with Crippen LogP contribution in [0.5, 0.6) is 0 Å². The van der Waals surface area contributed by atoms with Gasteiger partial charge in [-0.25, -0.2) is 10.2 Å². The summed E-state index contributed by atoms with van der Waals surface area (Å²) in [6, 6.07) is 9.34. The van der Waals surface area contributed by atoms with E-state index < -0.39 is 0 Å². The molecule has 1 fully saturated rings. The van der Waals surface area contributed by atoms with Gasteiger partial charge in [-0.2, -0.15) is 4.98 Å². The van der Waals surface area contributed by atoms with E-state index in [1.165, 1.54) is 17.4 Å². The fraction of sp³-hybridized carbons (Fsp3) is 0.350. The first-order chi connectivity index (χ1) is 14.1. The molecule has 2 N–H and O–H groups in total. The Morgan fingerprint density at radius 2 is 2.00 bits per heavy atom. The Morgan fingerprint density at radius 1 is 1.21 bits per heavy atom. The van der Waals surface area contributed by atoms with E-state index in [0.717, 1.165) is 43.1 Å². The van der Waals surface area contributed by atoms with Crippen molar-refractivity contribution in [1.29, 1.82) is 0 Å². The SMILES string of the molecule is Cc1c2c(cc(=O)n1CCN1CCOCC1)N[NH+](c1nc3ccccc3s1)C2=O. The van der Waals surface area contributed by atoms with Crippen molar-refractivity contribution in [3.05, 3.63) is 51.9 Å². The van der Waals surface area contributed by atoms with Crippen molar-refractivity contribution in [2.45, 2.75) is 13.5 Å². The molecule has 5 rings (SSSR count). The normalized spacial score (nSPS) is 19.5. The molecule has 1 saturated heterocycles. The van der Waals surface area contributed by atoms with E-state index in [9.17, 15) is 9.59 Å². The van der Waals surface area contributed by atoms with E-state index in [2.05, 4.69) is 15.3 Å². The average Bonchev–Trinajstić information content (AvgIpc) is 3.29. The molecule has 0 aliphatic carbocycles. The van der Waals surface area contributed by atoms with Gasteiger partial charge in [0.25, 0.3) is 5.56 Å². The lowest BCUT2D eigenvalue weighted by Gasteiger charge is -2.27. The van der Waals surface area contributed by atoms with Crippen LogP contribution in [0, 0.1) is 6.92 Å². The minimum absolute atomic E-state index is 0.0969. The molecule has 2 aliphatic heterocycles. The van der Waals surface area contributed by atoms with Crippen molar-refractivity contribution in [3.63, 3.8) is 0 Å². The van der Waals surface area contributed by atoms with Gasteiger partial charge in [-0.1, -0.05) is 23.5 Å². The number of carbonyl (C=O) groups excluding carboxylic acids is 1. The second kappa shape index (κ2) is 7.34. The number of quaternary nitrogens is 1. The number of morpholine rings is 1. The van der Waals surface area contributed by atoms with Crippen LogP contribution in [-0.4, -0.2) is 53.2 Å². The van der Waals surface area contributed by atoms with Crippen LogP contribution in [0.3, 0.4) is 0 Å². The van der Waals surface area contributed by atoms with Gasteiger partial charge in [0.05, 0.1) is 23.4 Å². The molecule has 1 aromatic carbocycles. The Bertz CT molecular complexity index is 1120. The lowest BCUT2D eigenvalue weighted by atomic mass is 10.1. The summed E-state index contributed by atoms with van der Waals surface area (Å²) in [6.07, 6.45) is 0. The number of hydrogen-bond donors (Lipinski definition) is 2. The number of amides is 1. The number of anilines is 1. The smallest absolute Gasteiger partial charge is 0.379 e. The summed E-state index contributed by atoms with van der Waals surface area (Å²) < 4.78 is 8.11. The van der Waals surface area contributed by atoms with Crippen LogP contribution in [-0.2, 0) is 11.3 Å². The lowest BCUT2D eigenvalue weighted by molar-refractivity contribution is -0.709. The highest BCUT2D eigenvalue weighted by Gasteiger charge is 2.39. The lowest BCUT2D eigenvalue weighted by Crippen LogP contribution is -3.11. The Morgan fingerprint density at radius 3 is 2.79 bits per heavy atom. The number of aromatic nitrogens is 2. The number of fused-ring (bicyclic) bond motifs is 2. The maximum Gasteiger partial charge on any atom is 0.379 e. The van der Waals surface area contributed by atoms with Crippen molar-refractivity contribution in [2.75, 3.05) is 38.3 Å². The third-order valence-corrected chi connectivity index (χ3v) is 6.59. The van der Waals surface area contributed by atoms with Crippen LogP contribution >= 0.6 is 11.3 Å². The van der Waals surface area contributed by atoms with Crippen molar-refractivity contribution < 1.29 is 14.5 Å². The molecular weight excluding hydrogens is 390 g/mol. The summed E-state index contributed by atoms with van der Waals surface area (Å²) in [5.41, 5.74) is 5.77. The first-order valence-electron chi connectivity index (χ1n) is 9.71. The Balaban J connectivity index is 1.43. The van der Waals surface area contributed by atoms with Crippen molar-refractivity contribution in [1.82, 2.24) is 14.5 Å². The highest BCUT2D eigenvalue weighted by molar-refractivity contribution is 7.21. The first-order valence-corrected chi connectivity index (χ1v) is 10.5. The molecular formula is C20H22N5O3S+. The van der Waals surface area contributed by atoms with Crippen molar-refractivity contribution in [2.24, 2.45) is 0 Å². The number of nitrogens with one attached hydrogen (secondary N) is 2. The number of hydrogen-bond acceptors (Lipinski definition) is 7. The van der Waals surface area contributed by atoms with E-state index in [0.29, 0.717) is 33.6 Å². The second-order valence-electron chi connectivity index (χ2n) is 7.28. The summed E-state index contributed by atoms with van der Waals surface area (Å²) >= 11 is 1.48. The van der Waals surface area contributed by atoms with Gasteiger partial charge < -0.3 is 9.30 Å². The minimum Gasteiger partial charge on any atom is -0.379 e. The molecule has 150 valence electrons. The van der Waals surface area contributed by atoms with E-state index in [1.54, 1.807) is 4.57 Å². The zero-order valence-corrected chi connectivity index (χ0v) is 16.9. The highest BCUT2D eigenvalue weighted by atomic mass is 32.1. The summed E-state index contributed by atoms with van der Waals surface area (Å²) in [6.45, 7) is 6.35. The molecule has 29 heavy (non-hydrogen) atoms. The summed E-state index contributed by atoms with van der Waals surface area (Å²) in [7, 11) is 0. The van der Waals surface area contributed by atoms with Gasteiger partial charge in [0.1, 0.15) is 11.3 Å².